The van der Waals surface area contributed by atoms with Crippen molar-refractivity contribution in [2.45, 2.75) is 58.0 Å². The second kappa shape index (κ2) is 10.2. The molecule has 0 aromatic heterocycles. The van der Waals surface area contributed by atoms with Gasteiger partial charge in [0, 0.05) is 11.6 Å². The summed E-state index contributed by atoms with van der Waals surface area (Å²) < 4.78 is 6.21. The molecule has 0 aromatic rings. The van der Waals surface area contributed by atoms with Gasteiger partial charge in [-0.05, 0) is 85.0 Å². The van der Waals surface area contributed by atoms with Gasteiger partial charge >= 0.3 is 0 Å². The first kappa shape index (κ1) is 21.7. The van der Waals surface area contributed by atoms with Crippen LogP contribution >= 0.6 is 0 Å². The standard InChI is InChI=1S/C28H35NO2/c1-2-22-12-9-21(17-18-31-28-19-24(29)15-16-26(22)28)8-7-20-10-13-23(14-11-20)25-5-3-4-6-27(25)30/h4,6-8,10,13,15-17,19,22,26,28,30H,2-3,5,9,11-12,14,18,29H2,1H3/b8-7+,21-17-. The van der Waals surface area contributed by atoms with Crippen LogP contribution in [0.3, 0.4) is 0 Å². The lowest BCUT2D eigenvalue weighted by atomic mass is 9.79. The van der Waals surface area contributed by atoms with E-state index in [1.54, 1.807) is 0 Å². The molecule has 3 aliphatic carbocycles. The zero-order chi connectivity index (χ0) is 21.6. The Hall–Kier alpha value is -2.52. The Morgan fingerprint density at radius 1 is 1.10 bits per heavy atom. The SMILES string of the molecule is CCC1CCC(/C=C/C2=CC=C(C3=C(O)C=CCC3)CC2)=C\COC2C=C(N)C=CC12. The molecule has 0 spiro atoms. The van der Waals surface area contributed by atoms with E-state index in [0.29, 0.717) is 24.2 Å². The van der Waals surface area contributed by atoms with E-state index in [-0.39, 0.29) is 6.10 Å². The van der Waals surface area contributed by atoms with Crippen molar-refractivity contribution in [3.8, 4) is 0 Å². The molecule has 3 nitrogen and oxygen atoms in total. The van der Waals surface area contributed by atoms with Gasteiger partial charge in [-0.1, -0.05) is 55.9 Å². The summed E-state index contributed by atoms with van der Waals surface area (Å²) in [7, 11) is 0. The molecule has 3 heteroatoms. The summed E-state index contributed by atoms with van der Waals surface area (Å²) in [5.74, 6) is 1.46. The Balaban J connectivity index is 1.43. The first-order valence-electron chi connectivity index (χ1n) is 11.8. The molecule has 0 aromatic carbocycles. The largest absolute Gasteiger partial charge is 0.508 e. The second-order valence-electron chi connectivity index (χ2n) is 8.96. The first-order chi connectivity index (χ1) is 15.1. The van der Waals surface area contributed by atoms with Crippen LogP contribution in [0.15, 0.2) is 94.5 Å². The number of nitrogens with two attached hydrogens (primary N) is 1. The Morgan fingerprint density at radius 2 is 1.97 bits per heavy atom. The minimum Gasteiger partial charge on any atom is -0.508 e. The number of aliphatic hydroxyl groups excluding tert-OH is 1. The third kappa shape index (κ3) is 5.40. The van der Waals surface area contributed by atoms with E-state index < -0.39 is 0 Å². The van der Waals surface area contributed by atoms with Crippen LogP contribution in [0.25, 0.3) is 0 Å². The Bertz CT molecular complexity index is 923. The topological polar surface area (TPSA) is 55.5 Å². The van der Waals surface area contributed by atoms with Crippen molar-refractivity contribution in [1.29, 1.82) is 0 Å². The molecule has 0 fully saturated rings. The van der Waals surface area contributed by atoms with Crippen molar-refractivity contribution in [1.82, 2.24) is 0 Å². The number of hydrogen-bond donors (Lipinski definition) is 2. The van der Waals surface area contributed by atoms with E-state index in [1.165, 1.54) is 23.1 Å². The summed E-state index contributed by atoms with van der Waals surface area (Å²) in [6, 6.07) is 0. The normalized spacial score (nSPS) is 31.1. The van der Waals surface area contributed by atoms with Gasteiger partial charge in [0.15, 0.2) is 0 Å². The van der Waals surface area contributed by atoms with Crippen molar-refractivity contribution in [2.75, 3.05) is 6.61 Å². The highest BCUT2D eigenvalue weighted by molar-refractivity contribution is 5.45. The molecule has 4 rings (SSSR count). The zero-order valence-electron chi connectivity index (χ0n) is 18.6. The van der Waals surface area contributed by atoms with Crippen LogP contribution in [0.2, 0.25) is 0 Å². The second-order valence-corrected chi connectivity index (χ2v) is 8.96. The van der Waals surface area contributed by atoms with Crippen LogP contribution in [-0.4, -0.2) is 17.8 Å². The fraction of sp³-hybridized carbons (Fsp3) is 0.429. The highest BCUT2D eigenvalue weighted by Crippen LogP contribution is 2.34. The fourth-order valence-corrected chi connectivity index (χ4v) is 5.05. The summed E-state index contributed by atoms with van der Waals surface area (Å²) >= 11 is 0. The predicted molar refractivity (Wildman–Crippen MR) is 128 cm³/mol. The van der Waals surface area contributed by atoms with E-state index in [0.717, 1.165) is 49.8 Å². The van der Waals surface area contributed by atoms with E-state index in [2.05, 4.69) is 49.5 Å². The molecule has 3 atom stereocenters. The molecule has 0 radical (unpaired) electrons. The predicted octanol–water partition coefficient (Wildman–Crippen LogP) is 6.51. The molecular weight excluding hydrogens is 382 g/mol. The lowest BCUT2D eigenvalue weighted by molar-refractivity contribution is 0.0561. The van der Waals surface area contributed by atoms with Gasteiger partial charge in [-0.2, -0.15) is 0 Å². The molecule has 0 amide bonds. The molecule has 31 heavy (non-hydrogen) atoms. The Kier molecular flexibility index (Phi) is 7.14. The highest BCUT2D eigenvalue weighted by Gasteiger charge is 2.28. The third-order valence-electron chi connectivity index (χ3n) is 6.98. The number of hydrogen-bond acceptors (Lipinski definition) is 3. The highest BCUT2D eigenvalue weighted by atomic mass is 16.5. The Labute approximate surface area is 186 Å². The molecule has 0 bridgehead atoms. The quantitative estimate of drug-likeness (QED) is 0.548. The average Bonchev–Trinajstić information content (AvgIpc) is 2.87. The van der Waals surface area contributed by atoms with Crippen LogP contribution in [0, 0.1) is 11.8 Å². The Morgan fingerprint density at radius 3 is 2.74 bits per heavy atom. The van der Waals surface area contributed by atoms with Crippen LogP contribution in [-0.2, 0) is 4.74 Å². The van der Waals surface area contributed by atoms with Crippen molar-refractivity contribution >= 4 is 0 Å². The minimum atomic E-state index is 0.0829. The van der Waals surface area contributed by atoms with E-state index in [4.69, 9.17) is 10.5 Å². The van der Waals surface area contributed by atoms with Crippen LogP contribution in [0.4, 0.5) is 0 Å². The maximum Gasteiger partial charge on any atom is 0.118 e. The molecule has 4 aliphatic rings. The van der Waals surface area contributed by atoms with Gasteiger partial charge in [0.2, 0.25) is 0 Å². The number of rotatable bonds is 4. The van der Waals surface area contributed by atoms with Gasteiger partial charge in [-0.25, -0.2) is 0 Å². The molecule has 1 aliphatic heterocycles. The summed E-state index contributed by atoms with van der Waals surface area (Å²) in [6.45, 7) is 2.90. The van der Waals surface area contributed by atoms with E-state index >= 15 is 0 Å². The smallest absolute Gasteiger partial charge is 0.118 e. The molecule has 0 saturated carbocycles. The molecule has 1 heterocycles. The molecular formula is C28H35NO2. The van der Waals surface area contributed by atoms with Crippen LogP contribution < -0.4 is 5.73 Å². The maximum atomic E-state index is 10.1. The number of fused-ring (bicyclic) bond motifs is 1. The number of ether oxygens (including phenoxy) is 1. The van der Waals surface area contributed by atoms with Gasteiger partial charge in [0.25, 0.3) is 0 Å². The van der Waals surface area contributed by atoms with Crippen molar-refractivity contribution in [3.05, 3.63) is 94.5 Å². The minimum absolute atomic E-state index is 0.0829. The van der Waals surface area contributed by atoms with Gasteiger partial charge in [0.1, 0.15) is 5.76 Å². The fourth-order valence-electron chi connectivity index (χ4n) is 5.05. The number of allylic oxidation sites excluding steroid dienone is 11. The third-order valence-corrected chi connectivity index (χ3v) is 6.98. The molecule has 3 N–H and O–H groups in total. The molecule has 164 valence electrons. The molecule has 0 saturated heterocycles. The zero-order valence-corrected chi connectivity index (χ0v) is 18.6. The summed E-state index contributed by atoms with van der Waals surface area (Å²) in [5.41, 5.74) is 11.9. The van der Waals surface area contributed by atoms with E-state index in [1.807, 2.05) is 18.2 Å². The summed E-state index contributed by atoms with van der Waals surface area (Å²) in [4.78, 5) is 0. The summed E-state index contributed by atoms with van der Waals surface area (Å²) in [6.07, 6.45) is 28.9. The van der Waals surface area contributed by atoms with Crippen molar-refractivity contribution in [2.24, 2.45) is 17.6 Å². The van der Waals surface area contributed by atoms with Crippen molar-refractivity contribution < 1.29 is 9.84 Å². The van der Waals surface area contributed by atoms with Gasteiger partial charge in [-0.3, -0.25) is 0 Å². The van der Waals surface area contributed by atoms with Crippen LogP contribution in [0.1, 0.15) is 51.9 Å². The van der Waals surface area contributed by atoms with Gasteiger partial charge in [-0.15, -0.1) is 0 Å². The van der Waals surface area contributed by atoms with Crippen LogP contribution in [0.5, 0.6) is 0 Å². The molecule has 3 unspecified atom stereocenters. The van der Waals surface area contributed by atoms with Gasteiger partial charge in [0.05, 0.1) is 12.7 Å². The number of aliphatic hydroxyl groups is 1. The first-order valence-corrected chi connectivity index (χ1v) is 11.8. The van der Waals surface area contributed by atoms with Crippen molar-refractivity contribution in [3.63, 3.8) is 0 Å². The average molecular weight is 418 g/mol. The van der Waals surface area contributed by atoms with Gasteiger partial charge < -0.3 is 15.6 Å². The monoisotopic (exact) mass is 417 g/mol. The lowest BCUT2D eigenvalue weighted by Crippen LogP contribution is -2.30. The summed E-state index contributed by atoms with van der Waals surface area (Å²) in [5, 5.41) is 10.1. The lowest BCUT2D eigenvalue weighted by Gasteiger charge is -2.31. The van der Waals surface area contributed by atoms with E-state index in [9.17, 15) is 5.11 Å². The maximum absolute atomic E-state index is 10.1.